The van der Waals surface area contributed by atoms with Gasteiger partial charge in [-0.3, -0.25) is 0 Å². The van der Waals surface area contributed by atoms with E-state index in [1.165, 1.54) is 4.88 Å². The predicted octanol–water partition coefficient (Wildman–Crippen LogP) is 4.64. The molecule has 0 atom stereocenters. The van der Waals surface area contributed by atoms with Crippen molar-refractivity contribution in [3.8, 4) is 16.3 Å². The summed E-state index contributed by atoms with van der Waals surface area (Å²) in [4.78, 5) is 11.6. The Morgan fingerprint density at radius 2 is 1.90 bits per heavy atom. The van der Waals surface area contributed by atoms with E-state index in [9.17, 15) is 5.11 Å². The number of anilines is 1. The summed E-state index contributed by atoms with van der Waals surface area (Å²) in [5.41, 5.74) is 0.252. The van der Waals surface area contributed by atoms with Gasteiger partial charge in [-0.1, -0.05) is 0 Å². The molecule has 0 unspecified atom stereocenters. The number of aromatic nitrogens is 2. The predicted molar refractivity (Wildman–Crippen MR) is 124 cm³/mol. The zero-order chi connectivity index (χ0) is 22.2. The van der Waals surface area contributed by atoms with E-state index in [1.807, 2.05) is 13.8 Å². The topological polar surface area (TPSA) is 79.3 Å². The van der Waals surface area contributed by atoms with Gasteiger partial charge in [-0.2, -0.15) is 0 Å². The molecule has 7 heteroatoms. The highest BCUT2D eigenvalue weighted by atomic mass is 32.1. The summed E-state index contributed by atoms with van der Waals surface area (Å²) in [5.74, 6) is 1.30. The van der Waals surface area contributed by atoms with Gasteiger partial charge in [0.1, 0.15) is 5.69 Å². The Morgan fingerprint density at radius 1 is 1.23 bits per heavy atom. The molecule has 3 rings (SSSR count). The lowest BCUT2D eigenvalue weighted by Gasteiger charge is -2.46. The third-order valence-corrected chi connectivity index (χ3v) is 6.53. The molecule has 0 saturated carbocycles. The highest BCUT2D eigenvalue weighted by molar-refractivity contribution is 7.15. The van der Waals surface area contributed by atoms with E-state index in [0.29, 0.717) is 17.7 Å². The van der Waals surface area contributed by atoms with Gasteiger partial charge in [0, 0.05) is 22.0 Å². The minimum atomic E-state index is -0.662. The zero-order valence-corrected chi connectivity index (χ0v) is 20.1. The lowest BCUT2D eigenvalue weighted by molar-refractivity contribution is 0.0716. The van der Waals surface area contributed by atoms with Crippen LogP contribution in [0.25, 0.3) is 10.6 Å². The molecule has 0 bridgehead atoms. The highest BCUT2D eigenvalue weighted by Gasteiger charge is 2.37. The van der Waals surface area contributed by atoms with Crippen LogP contribution in [0.2, 0.25) is 0 Å². The fourth-order valence-corrected chi connectivity index (χ4v) is 5.44. The van der Waals surface area contributed by atoms with Gasteiger partial charge in [-0.05, 0) is 79.4 Å². The molecule has 1 saturated heterocycles. The van der Waals surface area contributed by atoms with Crippen molar-refractivity contribution in [2.24, 2.45) is 0 Å². The molecule has 3 N–H and O–H groups in total. The largest absolute Gasteiger partial charge is 0.493 e. The molecule has 166 valence electrons. The lowest BCUT2D eigenvalue weighted by Crippen LogP contribution is -2.60. The molecule has 1 aliphatic heterocycles. The highest BCUT2D eigenvalue weighted by Crippen LogP contribution is 2.35. The van der Waals surface area contributed by atoms with Crippen LogP contribution in [0.4, 0.5) is 5.95 Å². The van der Waals surface area contributed by atoms with Crippen LogP contribution in [0.5, 0.6) is 5.75 Å². The number of thiophene rings is 1. The van der Waals surface area contributed by atoms with Crippen molar-refractivity contribution in [1.82, 2.24) is 15.3 Å². The standard InChI is InChI=1S/C23H36N4O2S/c1-21(2)12-15(13-22(3,4)27-21)25-20-24-14-17(29-7)19(26-20)18-9-8-16(30-18)10-11-23(5,6)28/h8-9,14-15,27-28H,10-13H2,1-7H3,(H,24,25,26). The second kappa shape index (κ2) is 8.44. The number of hydrogen-bond acceptors (Lipinski definition) is 7. The van der Waals surface area contributed by atoms with E-state index in [4.69, 9.17) is 9.72 Å². The van der Waals surface area contributed by atoms with Crippen molar-refractivity contribution >= 4 is 17.3 Å². The van der Waals surface area contributed by atoms with E-state index in [2.05, 4.69) is 55.4 Å². The number of aliphatic hydroxyl groups is 1. The molecule has 0 radical (unpaired) electrons. The van der Waals surface area contributed by atoms with E-state index in [-0.39, 0.29) is 11.1 Å². The monoisotopic (exact) mass is 432 g/mol. The lowest BCUT2D eigenvalue weighted by atomic mass is 9.80. The fraction of sp³-hybridized carbons (Fsp3) is 0.652. The fourth-order valence-electron chi connectivity index (χ4n) is 4.44. The van der Waals surface area contributed by atoms with Gasteiger partial charge in [0.2, 0.25) is 5.95 Å². The van der Waals surface area contributed by atoms with Crippen molar-refractivity contribution in [2.75, 3.05) is 12.4 Å². The van der Waals surface area contributed by atoms with Crippen LogP contribution in [0.1, 0.15) is 65.7 Å². The molecule has 2 aromatic heterocycles. The van der Waals surface area contributed by atoms with Crippen molar-refractivity contribution in [1.29, 1.82) is 0 Å². The molecule has 0 aliphatic carbocycles. The Balaban J connectivity index is 1.80. The van der Waals surface area contributed by atoms with Gasteiger partial charge in [0.05, 0.1) is 23.8 Å². The number of methoxy groups -OCH3 is 1. The number of aryl methyl sites for hydroxylation is 1. The quantitative estimate of drug-likeness (QED) is 0.592. The molecule has 2 aromatic rings. The van der Waals surface area contributed by atoms with Gasteiger partial charge >= 0.3 is 0 Å². The molecular weight excluding hydrogens is 396 g/mol. The first-order chi connectivity index (χ1) is 13.9. The number of piperidine rings is 1. The first kappa shape index (κ1) is 23.0. The summed E-state index contributed by atoms with van der Waals surface area (Å²) >= 11 is 1.69. The van der Waals surface area contributed by atoms with E-state index < -0.39 is 5.60 Å². The Kier molecular flexibility index (Phi) is 6.46. The molecule has 6 nitrogen and oxygen atoms in total. The summed E-state index contributed by atoms with van der Waals surface area (Å²) in [6, 6.07) is 4.48. The van der Waals surface area contributed by atoms with Gasteiger partial charge < -0.3 is 20.5 Å². The number of ether oxygens (including phenoxy) is 1. The minimum absolute atomic E-state index is 0.0534. The second-order valence-corrected chi connectivity index (χ2v) is 11.5. The third kappa shape index (κ3) is 6.15. The van der Waals surface area contributed by atoms with Crippen molar-refractivity contribution < 1.29 is 9.84 Å². The third-order valence-electron chi connectivity index (χ3n) is 5.38. The smallest absolute Gasteiger partial charge is 0.223 e. The van der Waals surface area contributed by atoms with E-state index in [0.717, 1.165) is 36.3 Å². The normalized spacial score (nSPS) is 18.9. The molecule has 30 heavy (non-hydrogen) atoms. The Labute approximate surface area is 184 Å². The van der Waals surface area contributed by atoms with Gasteiger partial charge in [0.25, 0.3) is 0 Å². The number of nitrogens with zero attached hydrogens (tertiary/aromatic N) is 2. The van der Waals surface area contributed by atoms with Crippen molar-refractivity contribution in [2.45, 2.75) is 89.9 Å². The number of nitrogens with one attached hydrogen (secondary N) is 2. The van der Waals surface area contributed by atoms with Crippen LogP contribution >= 0.6 is 11.3 Å². The number of hydrogen-bond donors (Lipinski definition) is 3. The van der Waals surface area contributed by atoms with Crippen LogP contribution in [-0.4, -0.2) is 44.9 Å². The first-order valence-electron chi connectivity index (χ1n) is 10.6. The van der Waals surface area contributed by atoms with Crippen LogP contribution in [0, 0.1) is 0 Å². The zero-order valence-electron chi connectivity index (χ0n) is 19.3. The summed E-state index contributed by atoms with van der Waals surface area (Å²) in [6.07, 6.45) is 5.31. The number of rotatable bonds is 7. The van der Waals surface area contributed by atoms with Crippen LogP contribution in [-0.2, 0) is 6.42 Å². The van der Waals surface area contributed by atoms with Crippen LogP contribution in [0.3, 0.4) is 0 Å². The summed E-state index contributed by atoms with van der Waals surface area (Å²) in [6.45, 7) is 12.6. The van der Waals surface area contributed by atoms with Crippen LogP contribution in [0.15, 0.2) is 18.3 Å². The summed E-state index contributed by atoms with van der Waals surface area (Å²) < 4.78 is 5.54. The molecule has 1 fully saturated rings. The van der Waals surface area contributed by atoms with Crippen molar-refractivity contribution in [3.63, 3.8) is 0 Å². The van der Waals surface area contributed by atoms with E-state index >= 15 is 0 Å². The maximum absolute atomic E-state index is 10.0. The van der Waals surface area contributed by atoms with Gasteiger partial charge in [0.15, 0.2) is 5.75 Å². The Hall–Kier alpha value is -1.70. The Morgan fingerprint density at radius 3 is 2.50 bits per heavy atom. The maximum atomic E-state index is 10.0. The molecule has 1 aliphatic rings. The van der Waals surface area contributed by atoms with Gasteiger partial charge in [-0.25, -0.2) is 9.97 Å². The average molecular weight is 433 g/mol. The average Bonchev–Trinajstić information content (AvgIpc) is 3.05. The summed E-state index contributed by atoms with van der Waals surface area (Å²) in [5, 5.41) is 17.3. The maximum Gasteiger partial charge on any atom is 0.223 e. The van der Waals surface area contributed by atoms with Crippen LogP contribution < -0.4 is 15.4 Å². The van der Waals surface area contributed by atoms with E-state index in [1.54, 1.807) is 24.6 Å². The van der Waals surface area contributed by atoms with Gasteiger partial charge in [-0.15, -0.1) is 11.3 Å². The Bertz CT molecular complexity index is 854. The SMILES string of the molecule is COc1cnc(NC2CC(C)(C)NC(C)(C)C2)nc1-c1ccc(CCC(C)(C)O)s1. The second-order valence-electron chi connectivity index (χ2n) is 10.3. The molecule has 0 amide bonds. The molecular formula is C23H36N4O2S. The van der Waals surface area contributed by atoms with Crippen molar-refractivity contribution in [3.05, 3.63) is 23.2 Å². The first-order valence-corrected chi connectivity index (χ1v) is 11.5. The molecule has 3 heterocycles. The molecule has 0 spiro atoms. The summed E-state index contributed by atoms with van der Waals surface area (Å²) in [7, 11) is 1.65. The minimum Gasteiger partial charge on any atom is -0.493 e. The molecule has 0 aromatic carbocycles.